The van der Waals surface area contributed by atoms with E-state index in [0.717, 1.165) is 42.7 Å². The van der Waals surface area contributed by atoms with Gasteiger partial charge in [-0.3, -0.25) is 0 Å². The van der Waals surface area contributed by atoms with Crippen LogP contribution in [0.1, 0.15) is 51.2 Å². The van der Waals surface area contributed by atoms with Gasteiger partial charge in [0.1, 0.15) is 12.4 Å². The van der Waals surface area contributed by atoms with E-state index in [2.05, 4.69) is 38.2 Å². The molecule has 146 valence electrons. The maximum Gasteiger partial charge on any atom is 0.317 e. The molecule has 2 aromatic rings. The predicted molar refractivity (Wildman–Crippen MR) is 111 cm³/mol. The van der Waals surface area contributed by atoms with Gasteiger partial charge in [0, 0.05) is 19.1 Å². The molecule has 0 heterocycles. The second-order valence-corrected chi connectivity index (χ2v) is 6.89. The summed E-state index contributed by atoms with van der Waals surface area (Å²) in [5.74, 6) is 0.826. The summed E-state index contributed by atoms with van der Waals surface area (Å²) in [5, 5.41) is 3.04. The molecule has 1 atom stereocenters. The van der Waals surface area contributed by atoms with Crippen LogP contribution in [0.2, 0.25) is 0 Å². The summed E-state index contributed by atoms with van der Waals surface area (Å²) < 4.78 is 5.92. The van der Waals surface area contributed by atoms with Crippen LogP contribution in [0.3, 0.4) is 0 Å². The van der Waals surface area contributed by atoms with E-state index < -0.39 is 0 Å². The molecule has 0 bridgehead atoms. The van der Waals surface area contributed by atoms with E-state index in [1.54, 1.807) is 0 Å². The number of urea groups is 1. The lowest BCUT2D eigenvalue weighted by Crippen LogP contribution is -2.44. The minimum Gasteiger partial charge on any atom is -0.489 e. The highest BCUT2D eigenvalue weighted by molar-refractivity contribution is 5.74. The van der Waals surface area contributed by atoms with Crippen LogP contribution >= 0.6 is 0 Å². The highest BCUT2D eigenvalue weighted by Gasteiger charge is 2.19. The number of carbonyl (C=O) groups is 1. The molecule has 0 saturated heterocycles. The first-order chi connectivity index (χ1) is 13.1. The molecule has 0 saturated carbocycles. The van der Waals surface area contributed by atoms with Gasteiger partial charge in [-0.1, -0.05) is 62.7 Å². The first-order valence-corrected chi connectivity index (χ1v) is 9.94. The number of benzene rings is 2. The lowest BCUT2D eigenvalue weighted by atomic mass is 10.1. The average molecular weight is 369 g/mol. The fourth-order valence-electron chi connectivity index (χ4n) is 2.79. The molecule has 4 nitrogen and oxygen atoms in total. The third-order valence-corrected chi connectivity index (χ3v) is 4.69. The second kappa shape index (κ2) is 11.3. The van der Waals surface area contributed by atoms with Gasteiger partial charge in [-0.25, -0.2) is 4.79 Å². The first-order valence-electron chi connectivity index (χ1n) is 9.94. The van der Waals surface area contributed by atoms with Crippen molar-refractivity contribution in [3.63, 3.8) is 0 Å². The van der Waals surface area contributed by atoms with Crippen molar-refractivity contribution in [2.24, 2.45) is 0 Å². The Hall–Kier alpha value is -2.49. The van der Waals surface area contributed by atoms with Crippen LogP contribution < -0.4 is 10.1 Å². The van der Waals surface area contributed by atoms with Crippen LogP contribution in [0.25, 0.3) is 0 Å². The van der Waals surface area contributed by atoms with Gasteiger partial charge in [-0.2, -0.15) is 0 Å². The molecule has 4 heteroatoms. The Labute approximate surface area is 163 Å². The van der Waals surface area contributed by atoms with Crippen LogP contribution in [-0.2, 0) is 13.2 Å². The highest BCUT2D eigenvalue weighted by atomic mass is 16.5. The molecule has 1 unspecified atom stereocenters. The van der Waals surface area contributed by atoms with Crippen molar-refractivity contribution < 1.29 is 9.53 Å². The van der Waals surface area contributed by atoms with E-state index in [1.165, 1.54) is 0 Å². The number of nitrogens with one attached hydrogen (secondary N) is 1. The van der Waals surface area contributed by atoms with Crippen molar-refractivity contribution in [2.45, 2.75) is 59.2 Å². The van der Waals surface area contributed by atoms with Crippen LogP contribution in [-0.4, -0.2) is 23.5 Å². The molecule has 1 N–H and O–H groups in total. The van der Waals surface area contributed by atoms with E-state index in [-0.39, 0.29) is 12.1 Å². The molecule has 0 fully saturated rings. The van der Waals surface area contributed by atoms with E-state index >= 15 is 0 Å². The zero-order valence-corrected chi connectivity index (χ0v) is 16.8. The molecule has 0 aromatic heterocycles. The molecular weight excluding hydrogens is 336 g/mol. The van der Waals surface area contributed by atoms with Gasteiger partial charge < -0.3 is 15.0 Å². The maximum atomic E-state index is 12.6. The Balaban J connectivity index is 2.00. The van der Waals surface area contributed by atoms with Crippen molar-refractivity contribution in [1.29, 1.82) is 0 Å². The number of rotatable bonds is 10. The van der Waals surface area contributed by atoms with E-state index in [1.807, 2.05) is 47.4 Å². The normalized spacial score (nSPS) is 11.7. The van der Waals surface area contributed by atoms with E-state index in [9.17, 15) is 4.79 Å². The lowest BCUT2D eigenvalue weighted by molar-refractivity contribution is 0.173. The zero-order valence-electron chi connectivity index (χ0n) is 16.8. The molecule has 2 amide bonds. The molecular formula is C23H32N2O2. The van der Waals surface area contributed by atoms with Gasteiger partial charge in [-0.15, -0.1) is 0 Å². The SMILES string of the molecule is CCCCNC(=O)N(Cc1cccc(OCc2ccccc2)c1)C(C)CC. The fraction of sp³-hybridized carbons (Fsp3) is 0.435. The van der Waals surface area contributed by atoms with Crippen molar-refractivity contribution >= 4 is 6.03 Å². The summed E-state index contributed by atoms with van der Waals surface area (Å²) in [6, 6.07) is 18.3. The summed E-state index contributed by atoms with van der Waals surface area (Å²) in [4.78, 5) is 14.5. The van der Waals surface area contributed by atoms with Gasteiger partial charge >= 0.3 is 6.03 Å². The molecule has 0 radical (unpaired) electrons. The van der Waals surface area contributed by atoms with E-state index in [0.29, 0.717) is 13.2 Å². The summed E-state index contributed by atoms with van der Waals surface area (Å²) in [5.41, 5.74) is 2.21. The Kier molecular flexibility index (Phi) is 8.69. The topological polar surface area (TPSA) is 41.6 Å². The number of nitrogens with zero attached hydrogens (tertiary/aromatic N) is 1. The third kappa shape index (κ3) is 6.97. The molecule has 27 heavy (non-hydrogen) atoms. The molecule has 2 aromatic carbocycles. The minimum atomic E-state index is 0.00778. The van der Waals surface area contributed by atoms with Crippen LogP contribution in [0.15, 0.2) is 54.6 Å². The predicted octanol–water partition coefficient (Wildman–Crippen LogP) is 5.38. The monoisotopic (exact) mass is 368 g/mol. The quantitative estimate of drug-likeness (QED) is 0.572. The Bertz CT molecular complexity index is 688. The van der Waals surface area contributed by atoms with Crippen molar-refractivity contribution in [3.8, 4) is 5.75 Å². The van der Waals surface area contributed by atoms with Crippen LogP contribution in [0.4, 0.5) is 4.79 Å². The van der Waals surface area contributed by atoms with Crippen LogP contribution in [0, 0.1) is 0 Å². The number of carbonyl (C=O) groups excluding carboxylic acids is 1. The summed E-state index contributed by atoms with van der Waals surface area (Å²) in [6.07, 6.45) is 3.00. The molecule has 0 aliphatic carbocycles. The van der Waals surface area contributed by atoms with Gasteiger partial charge in [0.2, 0.25) is 0 Å². The number of hydrogen-bond donors (Lipinski definition) is 1. The number of unbranched alkanes of at least 4 members (excludes halogenated alkanes) is 1. The Morgan fingerprint density at radius 1 is 1.07 bits per heavy atom. The number of hydrogen-bond acceptors (Lipinski definition) is 2. The van der Waals surface area contributed by atoms with E-state index in [4.69, 9.17) is 4.74 Å². The Morgan fingerprint density at radius 2 is 1.81 bits per heavy atom. The van der Waals surface area contributed by atoms with Gasteiger partial charge in [0.15, 0.2) is 0 Å². The number of ether oxygens (including phenoxy) is 1. The average Bonchev–Trinajstić information content (AvgIpc) is 2.71. The first kappa shape index (κ1) is 20.8. The van der Waals surface area contributed by atoms with Crippen LogP contribution in [0.5, 0.6) is 5.75 Å². The fourth-order valence-corrected chi connectivity index (χ4v) is 2.79. The summed E-state index contributed by atoms with van der Waals surface area (Å²) >= 11 is 0. The van der Waals surface area contributed by atoms with Gasteiger partial charge in [0.05, 0.1) is 0 Å². The minimum absolute atomic E-state index is 0.00778. The van der Waals surface area contributed by atoms with Crippen molar-refractivity contribution in [3.05, 3.63) is 65.7 Å². The summed E-state index contributed by atoms with van der Waals surface area (Å²) in [7, 11) is 0. The van der Waals surface area contributed by atoms with Crippen molar-refractivity contribution in [1.82, 2.24) is 10.2 Å². The van der Waals surface area contributed by atoms with Gasteiger partial charge in [0.25, 0.3) is 0 Å². The molecule has 0 aliphatic heterocycles. The zero-order chi connectivity index (χ0) is 19.5. The number of amides is 2. The second-order valence-electron chi connectivity index (χ2n) is 6.89. The highest BCUT2D eigenvalue weighted by Crippen LogP contribution is 2.18. The molecule has 0 spiro atoms. The largest absolute Gasteiger partial charge is 0.489 e. The van der Waals surface area contributed by atoms with Crippen molar-refractivity contribution in [2.75, 3.05) is 6.54 Å². The lowest BCUT2D eigenvalue weighted by Gasteiger charge is -2.29. The van der Waals surface area contributed by atoms with Gasteiger partial charge in [-0.05, 0) is 43.0 Å². The molecule has 2 rings (SSSR count). The summed E-state index contributed by atoms with van der Waals surface area (Å²) in [6.45, 7) is 8.17. The third-order valence-electron chi connectivity index (χ3n) is 4.69. The molecule has 0 aliphatic rings. The maximum absolute atomic E-state index is 12.6. The Morgan fingerprint density at radius 3 is 2.52 bits per heavy atom. The standard InChI is InChI=1S/C23H32N2O2/c1-4-6-15-24-23(26)25(19(3)5-2)17-21-13-10-14-22(16-21)27-18-20-11-8-7-9-12-20/h7-14,16,19H,4-6,15,17-18H2,1-3H3,(H,24,26). The smallest absolute Gasteiger partial charge is 0.317 e.